The van der Waals surface area contributed by atoms with Crippen molar-refractivity contribution in [1.29, 1.82) is 0 Å². The molecule has 0 unspecified atom stereocenters. The summed E-state index contributed by atoms with van der Waals surface area (Å²) >= 11 is 0. The van der Waals surface area contributed by atoms with E-state index in [2.05, 4.69) is 51.1 Å². The molecule has 1 saturated carbocycles. The summed E-state index contributed by atoms with van der Waals surface area (Å²) in [7, 11) is 0.446. The van der Waals surface area contributed by atoms with Crippen molar-refractivity contribution in [2.45, 2.75) is 89.2 Å². The van der Waals surface area contributed by atoms with Gasteiger partial charge in [0.05, 0.1) is 6.10 Å². The molecular formula is C17H36N2OSi. The molecule has 3 nitrogen and oxygen atoms in total. The third-order valence-electron chi connectivity index (χ3n) is 5.98. The first-order valence-electron chi connectivity index (χ1n) is 8.85. The van der Waals surface area contributed by atoms with Crippen molar-refractivity contribution in [3.05, 3.63) is 0 Å². The second-order valence-corrected chi connectivity index (χ2v) is 13.2. The second-order valence-electron chi connectivity index (χ2n) is 8.48. The molecule has 1 saturated heterocycles. The minimum absolute atomic E-state index is 0.301. The van der Waals surface area contributed by atoms with Gasteiger partial charge in [0.1, 0.15) is 0 Å². The monoisotopic (exact) mass is 312 g/mol. The van der Waals surface area contributed by atoms with E-state index in [-0.39, 0.29) is 0 Å². The molecule has 21 heavy (non-hydrogen) atoms. The van der Waals surface area contributed by atoms with E-state index in [4.69, 9.17) is 4.43 Å². The quantitative estimate of drug-likeness (QED) is 0.803. The van der Waals surface area contributed by atoms with E-state index < -0.39 is 8.32 Å². The Labute approximate surface area is 132 Å². The molecule has 0 spiro atoms. The average Bonchev–Trinajstić information content (AvgIpc) is 2.90. The maximum atomic E-state index is 6.86. The van der Waals surface area contributed by atoms with Gasteiger partial charge in [0.15, 0.2) is 8.32 Å². The van der Waals surface area contributed by atoms with Crippen molar-refractivity contribution in [2.24, 2.45) is 0 Å². The zero-order chi connectivity index (χ0) is 15.7. The summed E-state index contributed by atoms with van der Waals surface area (Å²) in [6.45, 7) is 14.4. The van der Waals surface area contributed by atoms with Crippen LogP contribution >= 0.6 is 0 Å². The highest BCUT2D eigenvalue weighted by Crippen LogP contribution is 2.40. The predicted octanol–water partition coefficient (Wildman–Crippen LogP) is 3.61. The summed E-state index contributed by atoms with van der Waals surface area (Å²) in [5.74, 6) is 0. The number of likely N-dealkylation sites (tertiary alicyclic amines) is 1. The maximum Gasteiger partial charge on any atom is 0.192 e. The summed E-state index contributed by atoms with van der Waals surface area (Å²) in [5, 5.41) is 3.88. The van der Waals surface area contributed by atoms with E-state index in [1.807, 2.05) is 0 Å². The highest BCUT2D eigenvalue weighted by Gasteiger charge is 2.44. The van der Waals surface area contributed by atoms with Crippen LogP contribution in [-0.2, 0) is 4.43 Å². The van der Waals surface area contributed by atoms with Crippen molar-refractivity contribution in [2.75, 3.05) is 20.1 Å². The molecule has 1 aliphatic carbocycles. The molecule has 0 aromatic heterocycles. The molecule has 0 aromatic carbocycles. The molecule has 0 radical (unpaired) electrons. The van der Waals surface area contributed by atoms with E-state index in [0.29, 0.717) is 23.2 Å². The molecule has 4 heteroatoms. The van der Waals surface area contributed by atoms with E-state index in [9.17, 15) is 0 Å². The minimum Gasteiger partial charge on any atom is -0.412 e. The standard InChI is InChI=1S/C17H36N2OSi/c1-17(2,3)21(5,6)20-15-11-9-10-14(18-4)16(15)19-12-7-8-13-19/h14-16,18H,7-13H2,1-6H3/t14-,15-,16+/m0/s1. The Hall–Kier alpha value is 0.0969. The predicted molar refractivity (Wildman–Crippen MR) is 93.4 cm³/mol. The van der Waals surface area contributed by atoms with Crippen LogP contribution in [0.15, 0.2) is 0 Å². The molecule has 1 aliphatic heterocycles. The van der Waals surface area contributed by atoms with Gasteiger partial charge in [0, 0.05) is 12.1 Å². The van der Waals surface area contributed by atoms with Gasteiger partial charge >= 0.3 is 0 Å². The van der Waals surface area contributed by atoms with Gasteiger partial charge in [-0.25, -0.2) is 0 Å². The zero-order valence-electron chi connectivity index (χ0n) is 15.0. The van der Waals surface area contributed by atoms with E-state index >= 15 is 0 Å². The van der Waals surface area contributed by atoms with Crippen LogP contribution < -0.4 is 5.32 Å². The van der Waals surface area contributed by atoms with Crippen molar-refractivity contribution < 1.29 is 4.43 Å². The highest BCUT2D eigenvalue weighted by atomic mass is 28.4. The van der Waals surface area contributed by atoms with Gasteiger partial charge in [-0.1, -0.05) is 20.8 Å². The Balaban J connectivity index is 2.14. The van der Waals surface area contributed by atoms with Crippen LogP contribution in [0.2, 0.25) is 18.1 Å². The molecule has 1 N–H and O–H groups in total. The van der Waals surface area contributed by atoms with Crippen LogP contribution in [0.4, 0.5) is 0 Å². The Morgan fingerprint density at radius 1 is 1.05 bits per heavy atom. The molecule has 2 rings (SSSR count). The molecule has 2 aliphatic rings. The Kier molecular flexibility index (Phi) is 5.56. The van der Waals surface area contributed by atoms with Crippen LogP contribution in [0.3, 0.4) is 0 Å². The lowest BCUT2D eigenvalue weighted by Gasteiger charge is -2.48. The van der Waals surface area contributed by atoms with Crippen molar-refractivity contribution in [1.82, 2.24) is 10.2 Å². The van der Waals surface area contributed by atoms with Gasteiger partial charge in [0.25, 0.3) is 0 Å². The maximum absolute atomic E-state index is 6.86. The average molecular weight is 313 g/mol. The molecule has 0 amide bonds. The fourth-order valence-corrected chi connectivity index (χ4v) is 5.04. The molecule has 0 bridgehead atoms. The fraction of sp³-hybridized carbons (Fsp3) is 1.00. The van der Waals surface area contributed by atoms with Crippen molar-refractivity contribution in [3.8, 4) is 0 Å². The van der Waals surface area contributed by atoms with Gasteiger partial charge in [-0.05, 0) is 70.4 Å². The number of rotatable bonds is 4. The van der Waals surface area contributed by atoms with Gasteiger partial charge in [-0.2, -0.15) is 0 Å². The molecular weight excluding hydrogens is 276 g/mol. The van der Waals surface area contributed by atoms with Crippen molar-refractivity contribution in [3.63, 3.8) is 0 Å². The first-order chi connectivity index (χ1) is 9.76. The van der Waals surface area contributed by atoms with Gasteiger partial charge in [-0.15, -0.1) is 0 Å². The summed E-state index contributed by atoms with van der Waals surface area (Å²) < 4.78 is 6.86. The smallest absolute Gasteiger partial charge is 0.192 e. The number of nitrogens with zero attached hydrogens (tertiary/aromatic N) is 1. The van der Waals surface area contributed by atoms with Crippen LogP contribution in [-0.4, -0.2) is 51.5 Å². The summed E-state index contributed by atoms with van der Waals surface area (Å²) in [4.78, 5) is 2.71. The van der Waals surface area contributed by atoms with Crippen LogP contribution in [0.25, 0.3) is 0 Å². The SMILES string of the molecule is CN[C@H]1CCC[C@H](O[Si](C)(C)C(C)(C)C)[C@@H]1N1CCCC1. The highest BCUT2D eigenvalue weighted by molar-refractivity contribution is 6.74. The van der Waals surface area contributed by atoms with E-state index in [1.165, 1.54) is 45.2 Å². The topological polar surface area (TPSA) is 24.5 Å². The largest absolute Gasteiger partial charge is 0.412 e. The molecule has 124 valence electrons. The lowest BCUT2D eigenvalue weighted by Crippen LogP contribution is -2.60. The van der Waals surface area contributed by atoms with Crippen LogP contribution in [0, 0.1) is 0 Å². The first-order valence-corrected chi connectivity index (χ1v) is 11.8. The van der Waals surface area contributed by atoms with Gasteiger partial charge in [0.2, 0.25) is 0 Å². The number of hydrogen-bond acceptors (Lipinski definition) is 3. The minimum atomic E-state index is -1.68. The Bertz CT molecular complexity index is 332. The van der Waals surface area contributed by atoms with Gasteiger partial charge in [-0.3, -0.25) is 4.90 Å². The summed E-state index contributed by atoms with van der Waals surface area (Å²) in [6, 6.07) is 1.19. The number of likely N-dealkylation sites (N-methyl/N-ethyl adjacent to an activating group) is 1. The van der Waals surface area contributed by atoms with E-state index in [1.54, 1.807) is 0 Å². The first kappa shape index (κ1) is 17.5. The summed E-state index contributed by atoms with van der Waals surface area (Å²) in [5.41, 5.74) is 0. The normalized spacial score (nSPS) is 32.6. The third-order valence-corrected chi connectivity index (χ3v) is 10.5. The molecule has 1 heterocycles. The van der Waals surface area contributed by atoms with E-state index in [0.717, 1.165) is 0 Å². The van der Waals surface area contributed by atoms with Crippen molar-refractivity contribution >= 4 is 8.32 Å². The Morgan fingerprint density at radius 3 is 2.19 bits per heavy atom. The third kappa shape index (κ3) is 3.90. The Morgan fingerprint density at radius 2 is 1.67 bits per heavy atom. The lowest BCUT2D eigenvalue weighted by molar-refractivity contribution is 0.0201. The van der Waals surface area contributed by atoms with Crippen LogP contribution in [0.5, 0.6) is 0 Å². The number of hydrogen-bond donors (Lipinski definition) is 1. The molecule has 3 atom stereocenters. The summed E-state index contributed by atoms with van der Waals surface area (Å²) in [6.07, 6.45) is 6.99. The lowest BCUT2D eigenvalue weighted by atomic mass is 9.87. The van der Waals surface area contributed by atoms with Crippen LogP contribution in [0.1, 0.15) is 52.9 Å². The van der Waals surface area contributed by atoms with Gasteiger partial charge < -0.3 is 9.74 Å². The molecule has 0 aromatic rings. The zero-order valence-corrected chi connectivity index (χ0v) is 16.0. The number of nitrogens with one attached hydrogen (secondary N) is 1. The second kappa shape index (κ2) is 6.69. The molecule has 2 fully saturated rings. The fourth-order valence-electron chi connectivity index (χ4n) is 3.67.